The van der Waals surface area contributed by atoms with Crippen molar-refractivity contribution < 1.29 is 14.3 Å². The third-order valence-electron chi connectivity index (χ3n) is 4.54. The summed E-state index contributed by atoms with van der Waals surface area (Å²) in [7, 11) is 0. The smallest absolute Gasteiger partial charge is 0.265 e. The van der Waals surface area contributed by atoms with E-state index in [-0.39, 0.29) is 18.4 Å². The largest absolute Gasteiger partial charge is 0.482 e. The Morgan fingerprint density at radius 3 is 2.64 bits per heavy atom. The molecule has 0 saturated heterocycles. The Morgan fingerprint density at radius 1 is 1.04 bits per heavy atom. The molecule has 1 aromatic heterocycles. The van der Waals surface area contributed by atoms with E-state index < -0.39 is 0 Å². The van der Waals surface area contributed by atoms with Crippen molar-refractivity contribution in [3.63, 3.8) is 0 Å². The minimum absolute atomic E-state index is 0.0336. The van der Waals surface area contributed by atoms with E-state index in [4.69, 9.17) is 4.74 Å². The number of nitrogens with one attached hydrogen (secondary N) is 1. The van der Waals surface area contributed by atoms with Crippen LogP contribution in [-0.4, -0.2) is 23.4 Å². The molecular weight excluding hydrogens is 354 g/mol. The molecule has 0 radical (unpaired) electrons. The molecule has 0 atom stereocenters. The summed E-state index contributed by atoms with van der Waals surface area (Å²) in [6, 6.07) is 18.5. The van der Waals surface area contributed by atoms with Crippen LogP contribution in [0, 0.1) is 0 Å². The van der Waals surface area contributed by atoms with E-state index in [2.05, 4.69) is 10.3 Å². The zero-order valence-corrected chi connectivity index (χ0v) is 15.2. The highest BCUT2D eigenvalue weighted by molar-refractivity contribution is 5.98. The molecule has 0 aliphatic carbocycles. The molecule has 0 bridgehead atoms. The predicted octanol–water partition coefficient (Wildman–Crippen LogP) is 2.94. The minimum Gasteiger partial charge on any atom is -0.482 e. The number of hydrogen-bond donors (Lipinski definition) is 1. The zero-order chi connectivity index (χ0) is 19.3. The highest BCUT2D eigenvalue weighted by Gasteiger charge is 2.25. The number of nitrogens with zero attached hydrogens (tertiary/aromatic N) is 2. The second kappa shape index (κ2) is 7.92. The number of ether oxygens (including phenoxy) is 1. The number of pyridine rings is 1. The number of benzene rings is 2. The summed E-state index contributed by atoms with van der Waals surface area (Å²) in [6.45, 7) is 0.885. The van der Waals surface area contributed by atoms with Crippen molar-refractivity contribution in [2.24, 2.45) is 0 Å². The van der Waals surface area contributed by atoms with Gasteiger partial charge in [0, 0.05) is 24.5 Å². The minimum atomic E-state index is -0.150. The van der Waals surface area contributed by atoms with E-state index >= 15 is 0 Å². The molecular formula is C22H19N3O3. The number of carbonyl (C=O) groups is 2. The summed E-state index contributed by atoms with van der Waals surface area (Å²) in [5.74, 6) is 0.466. The first-order chi connectivity index (χ1) is 13.7. The maximum absolute atomic E-state index is 12.3. The Balaban J connectivity index is 1.42. The van der Waals surface area contributed by atoms with Crippen molar-refractivity contribution in [1.29, 1.82) is 0 Å². The van der Waals surface area contributed by atoms with Gasteiger partial charge in [-0.1, -0.05) is 30.3 Å². The van der Waals surface area contributed by atoms with Gasteiger partial charge < -0.3 is 15.0 Å². The molecule has 2 heterocycles. The van der Waals surface area contributed by atoms with Gasteiger partial charge in [-0.05, 0) is 41.5 Å². The van der Waals surface area contributed by atoms with E-state index in [1.54, 1.807) is 29.4 Å². The Hall–Kier alpha value is -3.67. The summed E-state index contributed by atoms with van der Waals surface area (Å²) < 4.78 is 5.47. The van der Waals surface area contributed by atoms with Gasteiger partial charge in [0.2, 0.25) is 0 Å². The van der Waals surface area contributed by atoms with Crippen LogP contribution in [0.3, 0.4) is 0 Å². The molecule has 3 aromatic rings. The van der Waals surface area contributed by atoms with Gasteiger partial charge in [-0.2, -0.15) is 0 Å². The molecule has 6 nitrogen and oxygen atoms in total. The van der Waals surface area contributed by atoms with Crippen LogP contribution in [0.1, 0.15) is 21.5 Å². The van der Waals surface area contributed by atoms with Crippen LogP contribution in [-0.2, 0) is 17.9 Å². The monoisotopic (exact) mass is 373 g/mol. The number of amides is 2. The first-order valence-corrected chi connectivity index (χ1v) is 8.99. The van der Waals surface area contributed by atoms with Crippen LogP contribution in [0.15, 0.2) is 73.1 Å². The third-order valence-corrected chi connectivity index (χ3v) is 4.54. The lowest BCUT2D eigenvalue weighted by molar-refractivity contribution is -0.121. The first kappa shape index (κ1) is 17.7. The summed E-state index contributed by atoms with van der Waals surface area (Å²) >= 11 is 0. The molecule has 4 rings (SSSR count). The summed E-state index contributed by atoms with van der Waals surface area (Å²) in [5.41, 5.74) is 3.21. The molecule has 28 heavy (non-hydrogen) atoms. The SMILES string of the molecule is O=C(NCc1cccnc1)c1ccc(CN2C(=O)COc3ccccc32)cc1. The highest BCUT2D eigenvalue weighted by atomic mass is 16.5. The van der Waals surface area contributed by atoms with Crippen LogP contribution in [0.5, 0.6) is 5.75 Å². The maximum Gasteiger partial charge on any atom is 0.265 e. The molecule has 2 amide bonds. The van der Waals surface area contributed by atoms with E-state index in [9.17, 15) is 9.59 Å². The number of para-hydroxylation sites is 2. The Morgan fingerprint density at radius 2 is 1.86 bits per heavy atom. The fourth-order valence-electron chi connectivity index (χ4n) is 3.06. The van der Waals surface area contributed by atoms with Gasteiger partial charge in [-0.15, -0.1) is 0 Å². The van der Waals surface area contributed by atoms with Crippen LogP contribution < -0.4 is 15.0 Å². The van der Waals surface area contributed by atoms with Gasteiger partial charge in [0.25, 0.3) is 11.8 Å². The predicted molar refractivity (Wildman–Crippen MR) is 105 cm³/mol. The van der Waals surface area contributed by atoms with Crippen LogP contribution >= 0.6 is 0 Å². The Bertz CT molecular complexity index is 987. The maximum atomic E-state index is 12.3. The third kappa shape index (κ3) is 3.86. The van der Waals surface area contributed by atoms with Gasteiger partial charge in [0.15, 0.2) is 6.61 Å². The first-order valence-electron chi connectivity index (χ1n) is 8.99. The molecule has 0 unspecified atom stereocenters. The molecule has 1 aliphatic heterocycles. The van der Waals surface area contributed by atoms with Crippen molar-refractivity contribution in [2.45, 2.75) is 13.1 Å². The van der Waals surface area contributed by atoms with Crippen molar-refractivity contribution in [3.05, 3.63) is 89.7 Å². The number of fused-ring (bicyclic) bond motifs is 1. The lowest BCUT2D eigenvalue weighted by atomic mass is 10.1. The molecule has 1 aliphatic rings. The molecule has 0 spiro atoms. The molecule has 6 heteroatoms. The molecule has 2 aromatic carbocycles. The fourth-order valence-corrected chi connectivity index (χ4v) is 3.06. The van der Waals surface area contributed by atoms with Gasteiger partial charge in [0.05, 0.1) is 12.2 Å². The second-order valence-electron chi connectivity index (χ2n) is 6.48. The lowest BCUT2D eigenvalue weighted by Gasteiger charge is -2.29. The fraction of sp³-hybridized carbons (Fsp3) is 0.136. The van der Waals surface area contributed by atoms with Crippen LogP contribution in [0.2, 0.25) is 0 Å². The summed E-state index contributed by atoms with van der Waals surface area (Å²) in [4.78, 5) is 30.3. The van der Waals surface area contributed by atoms with Crippen LogP contribution in [0.25, 0.3) is 0 Å². The second-order valence-corrected chi connectivity index (χ2v) is 6.48. The van der Waals surface area contributed by atoms with E-state index in [0.717, 1.165) is 16.8 Å². The number of anilines is 1. The summed E-state index contributed by atoms with van der Waals surface area (Å²) in [6.07, 6.45) is 3.42. The van der Waals surface area contributed by atoms with Gasteiger partial charge in [0.1, 0.15) is 5.75 Å². The molecule has 0 fully saturated rings. The molecule has 0 saturated carbocycles. The average Bonchev–Trinajstić information content (AvgIpc) is 2.75. The zero-order valence-electron chi connectivity index (χ0n) is 15.2. The Labute approximate surface area is 162 Å². The highest BCUT2D eigenvalue weighted by Crippen LogP contribution is 2.32. The standard InChI is InChI=1S/C22H19N3O3/c26-21-15-28-20-6-2-1-5-19(20)25(21)14-16-7-9-18(10-8-16)22(27)24-13-17-4-3-11-23-12-17/h1-12H,13-15H2,(H,24,27). The van der Waals surface area contributed by atoms with Crippen LogP contribution in [0.4, 0.5) is 5.69 Å². The van der Waals surface area contributed by atoms with Gasteiger partial charge in [-0.3, -0.25) is 14.6 Å². The van der Waals surface area contributed by atoms with E-state index in [1.807, 2.05) is 48.5 Å². The topological polar surface area (TPSA) is 71.5 Å². The summed E-state index contributed by atoms with van der Waals surface area (Å²) in [5, 5.41) is 2.88. The van der Waals surface area contributed by atoms with Gasteiger partial charge in [-0.25, -0.2) is 0 Å². The van der Waals surface area contributed by atoms with E-state index in [1.165, 1.54) is 0 Å². The van der Waals surface area contributed by atoms with Crippen molar-refractivity contribution >= 4 is 17.5 Å². The van der Waals surface area contributed by atoms with Crippen molar-refractivity contribution in [1.82, 2.24) is 10.3 Å². The quantitative estimate of drug-likeness (QED) is 0.746. The number of rotatable bonds is 5. The number of hydrogen-bond acceptors (Lipinski definition) is 4. The van der Waals surface area contributed by atoms with E-state index in [0.29, 0.717) is 24.4 Å². The normalized spacial score (nSPS) is 12.9. The Kier molecular flexibility index (Phi) is 5.01. The van der Waals surface area contributed by atoms with Gasteiger partial charge >= 0.3 is 0 Å². The average molecular weight is 373 g/mol. The number of carbonyl (C=O) groups excluding carboxylic acids is 2. The lowest BCUT2D eigenvalue weighted by Crippen LogP contribution is -2.38. The van der Waals surface area contributed by atoms with Crippen molar-refractivity contribution in [3.8, 4) is 5.75 Å². The van der Waals surface area contributed by atoms with Crippen molar-refractivity contribution in [2.75, 3.05) is 11.5 Å². The molecule has 1 N–H and O–H groups in total. The molecule has 140 valence electrons. The number of aromatic nitrogens is 1.